The van der Waals surface area contributed by atoms with E-state index in [2.05, 4.69) is 21.1 Å². The summed E-state index contributed by atoms with van der Waals surface area (Å²) in [6, 6.07) is 0.603. The Morgan fingerprint density at radius 1 is 1.53 bits per heavy atom. The van der Waals surface area contributed by atoms with Gasteiger partial charge in [0.15, 0.2) is 0 Å². The second-order valence-electron chi connectivity index (χ2n) is 4.76. The van der Waals surface area contributed by atoms with Gasteiger partial charge < -0.3 is 9.88 Å². The first-order valence-corrected chi connectivity index (χ1v) is 7.99. The number of hydrogen-bond donors (Lipinski definition) is 1. The molecule has 1 saturated carbocycles. The zero-order chi connectivity index (χ0) is 12.3. The summed E-state index contributed by atoms with van der Waals surface area (Å²) >= 11 is 0. The van der Waals surface area contributed by atoms with Crippen LogP contribution in [0.25, 0.3) is 0 Å². The average molecular weight is 255 g/mol. The first kappa shape index (κ1) is 12.6. The van der Waals surface area contributed by atoms with Crippen LogP contribution in [0.2, 0.25) is 0 Å². The van der Waals surface area contributed by atoms with Crippen LogP contribution >= 0.6 is 0 Å². The van der Waals surface area contributed by atoms with E-state index in [0.717, 1.165) is 18.2 Å². The monoisotopic (exact) mass is 255 g/mol. The van der Waals surface area contributed by atoms with Gasteiger partial charge in [0.1, 0.15) is 0 Å². The summed E-state index contributed by atoms with van der Waals surface area (Å²) in [4.78, 5) is 4.50. The Bertz CT molecular complexity index is 396. The molecule has 1 heterocycles. The summed E-state index contributed by atoms with van der Waals surface area (Å²) in [7, 11) is -0.741. The van der Waals surface area contributed by atoms with Crippen molar-refractivity contribution in [2.24, 2.45) is 0 Å². The van der Waals surface area contributed by atoms with Crippen LogP contribution in [0.5, 0.6) is 0 Å². The van der Waals surface area contributed by atoms with Crippen molar-refractivity contribution >= 4 is 16.7 Å². The van der Waals surface area contributed by atoms with E-state index in [9.17, 15) is 4.21 Å². The van der Waals surface area contributed by atoms with Gasteiger partial charge >= 0.3 is 0 Å². The molecule has 0 amide bonds. The summed E-state index contributed by atoms with van der Waals surface area (Å²) in [6.07, 6.45) is 9.01. The van der Waals surface area contributed by atoms with E-state index in [1.807, 2.05) is 6.92 Å². The average Bonchev–Trinajstić information content (AvgIpc) is 2.86. The standard InChI is InChI=1S/C12H21N3OS/c1-10-9-15(11-5-3-4-6-11)12(14-10)13-7-8-17(2)16/h9,11H,3-8H2,1-2H3,(H,13,14). The minimum atomic E-state index is -0.741. The lowest BCUT2D eigenvalue weighted by Gasteiger charge is -2.15. The van der Waals surface area contributed by atoms with Crippen LogP contribution < -0.4 is 5.32 Å². The first-order chi connectivity index (χ1) is 8.16. The molecule has 1 unspecified atom stereocenters. The minimum absolute atomic E-state index is 0.603. The SMILES string of the molecule is Cc1cn(C2CCCC2)c(NCCS(C)=O)n1. The Morgan fingerprint density at radius 3 is 2.88 bits per heavy atom. The van der Waals surface area contributed by atoms with E-state index in [-0.39, 0.29) is 0 Å². The van der Waals surface area contributed by atoms with Gasteiger partial charge in [-0.2, -0.15) is 0 Å². The van der Waals surface area contributed by atoms with E-state index in [0.29, 0.717) is 11.8 Å². The molecule has 1 aliphatic carbocycles. The maximum absolute atomic E-state index is 11.0. The zero-order valence-electron chi connectivity index (χ0n) is 10.6. The highest BCUT2D eigenvalue weighted by Gasteiger charge is 2.19. The molecule has 2 rings (SSSR count). The van der Waals surface area contributed by atoms with Gasteiger partial charge in [-0.05, 0) is 19.8 Å². The number of anilines is 1. The van der Waals surface area contributed by atoms with Crippen LogP contribution in [0.1, 0.15) is 37.4 Å². The van der Waals surface area contributed by atoms with Crippen LogP contribution in [-0.2, 0) is 10.8 Å². The molecule has 1 fully saturated rings. The van der Waals surface area contributed by atoms with Gasteiger partial charge in [-0.3, -0.25) is 4.21 Å². The van der Waals surface area contributed by atoms with Crippen molar-refractivity contribution in [1.82, 2.24) is 9.55 Å². The highest BCUT2D eigenvalue weighted by Crippen LogP contribution is 2.31. The third kappa shape index (κ3) is 3.31. The summed E-state index contributed by atoms with van der Waals surface area (Å²) in [5, 5.41) is 3.30. The van der Waals surface area contributed by atoms with Gasteiger partial charge in [-0.25, -0.2) is 4.98 Å². The van der Waals surface area contributed by atoms with Gasteiger partial charge in [-0.1, -0.05) is 12.8 Å². The molecule has 96 valence electrons. The predicted octanol–water partition coefficient (Wildman–Crippen LogP) is 2.10. The molecule has 0 spiro atoms. The third-order valence-electron chi connectivity index (χ3n) is 3.24. The van der Waals surface area contributed by atoms with Gasteiger partial charge in [-0.15, -0.1) is 0 Å². The number of rotatable bonds is 5. The first-order valence-electron chi connectivity index (χ1n) is 6.26. The molecule has 1 N–H and O–H groups in total. The molecule has 1 aromatic heterocycles. The number of nitrogens with zero attached hydrogens (tertiary/aromatic N) is 2. The molecule has 1 aromatic rings. The number of imidazole rings is 1. The molecule has 0 saturated heterocycles. The van der Waals surface area contributed by atoms with Crippen LogP contribution in [0.15, 0.2) is 6.20 Å². The van der Waals surface area contributed by atoms with E-state index in [1.165, 1.54) is 25.7 Å². The van der Waals surface area contributed by atoms with Crippen molar-refractivity contribution in [3.63, 3.8) is 0 Å². The van der Waals surface area contributed by atoms with E-state index in [1.54, 1.807) is 6.26 Å². The number of aromatic nitrogens is 2. The predicted molar refractivity (Wildman–Crippen MR) is 71.9 cm³/mol. The second kappa shape index (κ2) is 5.67. The Balaban J connectivity index is 2.02. The summed E-state index contributed by atoms with van der Waals surface area (Å²) < 4.78 is 13.3. The van der Waals surface area contributed by atoms with E-state index < -0.39 is 10.8 Å². The lowest BCUT2D eigenvalue weighted by Crippen LogP contribution is -2.15. The molecule has 0 bridgehead atoms. The van der Waals surface area contributed by atoms with E-state index >= 15 is 0 Å². The fraction of sp³-hybridized carbons (Fsp3) is 0.750. The highest BCUT2D eigenvalue weighted by atomic mass is 32.2. The van der Waals surface area contributed by atoms with Crippen molar-refractivity contribution < 1.29 is 4.21 Å². The molecule has 0 aromatic carbocycles. The van der Waals surface area contributed by atoms with Crippen molar-refractivity contribution in [2.45, 2.75) is 38.6 Å². The van der Waals surface area contributed by atoms with Crippen molar-refractivity contribution in [1.29, 1.82) is 0 Å². The summed E-state index contributed by atoms with van der Waals surface area (Å²) in [6.45, 7) is 2.75. The molecule has 5 heteroatoms. The van der Waals surface area contributed by atoms with Gasteiger partial charge in [0.05, 0.1) is 5.69 Å². The fourth-order valence-corrected chi connectivity index (χ4v) is 2.80. The lowest BCUT2D eigenvalue weighted by molar-refractivity contribution is 0.523. The number of aryl methyl sites for hydroxylation is 1. The second-order valence-corrected chi connectivity index (χ2v) is 6.31. The van der Waals surface area contributed by atoms with Crippen LogP contribution in [0, 0.1) is 6.92 Å². The van der Waals surface area contributed by atoms with Crippen molar-refractivity contribution in [2.75, 3.05) is 23.9 Å². The third-order valence-corrected chi connectivity index (χ3v) is 4.02. The largest absolute Gasteiger partial charge is 0.355 e. The molecule has 0 radical (unpaired) electrons. The highest BCUT2D eigenvalue weighted by molar-refractivity contribution is 7.84. The Morgan fingerprint density at radius 2 is 2.24 bits per heavy atom. The normalized spacial score (nSPS) is 18.5. The summed E-state index contributed by atoms with van der Waals surface area (Å²) in [5.41, 5.74) is 1.05. The smallest absolute Gasteiger partial charge is 0.203 e. The van der Waals surface area contributed by atoms with Crippen molar-refractivity contribution in [3.05, 3.63) is 11.9 Å². The maximum atomic E-state index is 11.0. The maximum Gasteiger partial charge on any atom is 0.203 e. The minimum Gasteiger partial charge on any atom is -0.355 e. The topological polar surface area (TPSA) is 46.9 Å². The molecule has 0 aliphatic heterocycles. The van der Waals surface area contributed by atoms with E-state index in [4.69, 9.17) is 0 Å². The van der Waals surface area contributed by atoms with Crippen LogP contribution in [-0.4, -0.2) is 32.3 Å². The molecule has 17 heavy (non-hydrogen) atoms. The fourth-order valence-electron chi connectivity index (χ4n) is 2.41. The Labute approximate surface area is 105 Å². The Kier molecular flexibility index (Phi) is 4.20. The zero-order valence-corrected chi connectivity index (χ0v) is 11.4. The Hall–Kier alpha value is -0.840. The number of hydrogen-bond acceptors (Lipinski definition) is 3. The van der Waals surface area contributed by atoms with Crippen molar-refractivity contribution in [3.8, 4) is 0 Å². The van der Waals surface area contributed by atoms with Gasteiger partial charge in [0, 0.05) is 41.6 Å². The van der Waals surface area contributed by atoms with Crippen LogP contribution in [0.4, 0.5) is 5.95 Å². The van der Waals surface area contributed by atoms with Gasteiger partial charge in [0.2, 0.25) is 5.95 Å². The molecule has 4 nitrogen and oxygen atoms in total. The summed E-state index contributed by atoms with van der Waals surface area (Å²) in [5.74, 6) is 1.62. The van der Waals surface area contributed by atoms with Gasteiger partial charge in [0.25, 0.3) is 0 Å². The molecule has 1 atom stereocenters. The molecular weight excluding hydrogens is 234 g/mol. The molecular formula is C12H21N3OS. The number of nitrogens with one attached hydrogen (secondary N) is 1. The molecule has 1 aliphatic rings. The van der Waals surface area contributed by atoms with Crippen LogP contribution in [0.3, 0.4) is 0 Å². The quantitative estimate of drug-likeness (QED) is 0.876. The lowest BCUT2D eigenvalue weighted by atomic mass is 10.2.